The molecule has 0 atom stereocenters. The molecule has 0 unspecified atom stereocenters. The Morgan fingerprint density at radius 3 is 2.20 bits per heavy atom. The van der Waals surface area contributed by atoms with Crippen LogP contribution in [0.1, 0.15) is 38.1 Å². The molecule has 3 nitrogen and oxygen atoms in total. The van der Waals surface area contributed by atoms with Crippen LogP contribution in [-0.4, -0.2) is 30.9 Å². The Hall–Kier alpha value is -1.22. The van der Waals surface area contributed by atoms with E-state index in [4.69, 9.17) is 11.6 Å². The van der Waals surface area contributed by atoms with Crippen LogP contribution >= 0.6 is 11.6 Å². The highest BCUT2D eigenvalue weighted by molar-refractivity contribution is 6.31. The first-order valence-corrected chi connectivity index (χ1v) is 7.49. The fourth-order valence-electron chi connectivity index (χ4n) is 2.20. The molecule has 1 N–H and O–H groups in total. The van der Waals surface area contributed by atoms with Crippen LogP contribution in [0.4, 0.5) is 5.69 Å². The third kappa shape index (κ3) is 4.71. The highest BCUT2D eigenvalue weighted by atomic mass is 35.5. The summed E-state index contributed by atoms with van der Waals surface area (Å²) < 4.78 is 0. The van der Waals surface area contributed by atoms with Crippen LogP contribution in [-0.2, 0) is 0 Å². The Morgan fingerprint density at radius 2 is 1.75 bits per heavy atom. The van der Waals surface area contributed by atoms with E-state index in [2.05, 4.69) is 33.0 Å². The molecule has 1 aromatic carbocycles. The molecule has 0 saturated carbocycles. The quantitative estimate of drug-likeness (QED) is 0.856. The van der Waals surface area contributed by atoms with Crippen LogP contribution < -0.4 is 5.32 Å². The van der Waals surface area contributed by atoms with Crippen LogP contribution in [0.25, 0.3) is 0 Å². The highest BCUT2D eigenvalue weighted by Crippen LogP contribution is 2.22. The third-order valence-electron chi connectivity index (χ3n) is 2.94. The number of anilines is 1. The normalized spacial score (nSPS) is 11.0. The lowest BCUT2D eigenvalue weighted by Gasteiger charge is -2.27. The van der Waals surface area contributed by atoms with Gasteiger partial charge in [0.2, 0.25) is 0 Å². The van der Waals surface area contributed by atoms with Gasteiger partial charge in [0.15, 0.2) is 0 Å². The summed E-state index contributed by atoms with van der Waals surface area (Å²) in [6.07, 6.45) is 0. The Balaban J connectivity index is 3.07. The zero-order chi connectivity index (χ0) is 15.3. The molecule has 0 aliphatic rings. The van der Waals surface area contributed by atoms with Crippen molar-refractivity contribution in [3.05, 3.63) is 28.8 Å². The van der Waals surface area contributed by atoms with Crippen molar-refractivity contribution in [1.82, 2.24) is 4.90 Å². The van der Waals surface area contributed by atoms with Crippen molar-refractivity contribution >= 4 is 23.2 Å². The summed E-state index contributed by atoms with van der Waals surface area (Å²) in [7, 11) is 1.81. The van der Waals surface area contributed by atoms with E-state index in [1.165, 1.54) is 0 Å². The average molecular weight is 297 g/mol. The monoisotopic (exact) mass is 296 g/mol. The van der Waals surface area contributed by atoms with Gasteiger partial charge < -0.3 is 10.2 Å². The molecule has 1 aromatic rings. The molecule has 0 aliphatic heterocycles. The SMILES string of the molecule is CNc1ccc(Cl)cc1C(=O)N(CC(C)C)CC(C)C. The standard InChI is InChI=1S/C16H25ClN2O/c1-11(2)9-19(10-12(3)4)16(20)14-8-13(17)6-7-15(14)18-5/h6-8,11-12,18H,9-10H2,1-5H3. The highest BCUT2D eigenvalue weighted by Gasteiger charge is 2.20. The zero-order valence-corrected chi connectivity index (χ0v) is 13.8. The number of hydrogen-bond donors (Lipinski definition) is 1. The molecule has 1 rings (SSSR count). The molecule has 1 amide bonds. The van der Waals surface area contributed by atoms with Gasteiger partial charge in [-0.15, -0.1) is 0 Å². The van der Waals surface area contributed by atoms with Crippen molar-refractivity contribution in [2.75, 3.05) is 25.5 Å². The second-order valence-corrected chi connectivity index (χ2v) is 6.37. The van der Waals surface area contributed by atoms with Crippen molar-refractivity contribution in [2.45, 2.75) is 27.7 Å². The number of nitrogens with one attached hydrogen (secondary N) is 1. The first kappa shape index (κ1) is 16.8. The third-order valence-corrected chi connectivity index (χ3v) is 3.17. The van der Waals surface area contributed by atoms with E-state index in [1.807, 2.05) is 18.0 Å². The Kier molecular flexibility index (Phi) is 6.34. The van der Waals surface area contributed by atoms with E-state index in [0.717, 1.165) is 18.8 Å². The molecular weight excluding hydrogens is 272 g/mol. The second-order valence-electron chi connectivity index (χ2n) is 5.94. The van der Waals surface area contributed by atoms with E-state index in [1.54, 1.807) is 12.1 Å². The Bertz CT molecular complexity index is 448. The van der Waals surface area contributed by atoms with Gasteiger partial charge in [-0.2, -0.15) is 0 Å². The first-order chi connectivity index (χ1) is 9.35. The summed E-state index contributed by atoms with van der Waals surface area (Å²) >= 11 is 6.04. The first-order valence-electron chi connectivity index (χ1n) is 7.11. The second kappa shape index (κ2) is 7.53. The lowest BCUT2D eigenvalue weighted by atomic mass is 10.1. The van der Waals surface area contributed by atoms with Crippen molar-refractivity contribution in [1.29, 1.82) is 0 Å². The van der Waals surface area contributed by atoms with E-state index in [0.29, 0.717) is 22.4 Å². The lowest BCUT2D eigenvalue weighted by molar-refractivity contribution is 0.0716. The minimum Gasteiger partial charge on any atom is -0.387 e. The average Bonchev–Trinajstić information content (AvgIpc) is 2.36. The van der Waals surface area contributed by atoms with E-state index < -0.39 is 0 Å². The predicted octanol–water partition coefficient (Wildman–Crippen LogP) is 4.14. The summed E-state index contributed by atoms with van der Waals surface area (Å²) in [5, 5.41) is 3.64. The number of carbonyl (C=O) groups excluding carboxylic acids is 1. The molecule has 0 spiro atoms. The maximum atomic E-state index is 12.8. The van der Waals surface area contributed by atoms with Gasteiger partial charge in [0.25, 0.3) is 5.91 Å². The van der Waals surface area contributed by atoms with E-state index in [-0.39, 0.29) is 5.91 Å². The number of benzene rings is 1. The summed E-state index contributed by atoms with van der Waals surface area (Å²) in [6.45, 7) is 10.0. The fraction of sp³-hybridized carbons (Fsp3) is 0.562. The molecule has 0 saturated heterocycles. The molecule has 0 fully saturated rings. The number of carbonyl (C=O) groups is 1. The summed E-state index contributed by atoms with van der Waals surface area (Å²) in [4.78, 5) is 14.7. The number of halogens is 1. The minimum absolute atomic E-state index is 0.0410. The molecular formula is C16H25ClN2O. The van der Waals surface area contributed by atoms with Crippen LogP contribution in [0.15, 0.2) is 18.2 Å². The smallest absolute Gasteiger partial charge is 0.256 e. The van der Waals surface area contributed by atoms with Crippen molar-refractivity contribution < 1.29 is 4.79 Å². The van der Waals surface area contributed by atoms with Crippen molar-refractivity contribution in [3.8, 4) is 0 Å². The predicted molar refractivity (Wildman–Crippen MR) is 86.6 cm³/mol. The number of hydrogen-bond acceptors (Lipinski definition) is 2. The van der Waals surface area contributed by atoms with Crippen LogP contribution in [0.2, 0.25) is 5.02 Å². The summed E-state index contributed by atoms with van der Waals surface area (Å²) in [5.41, 5.74) is 1.46. The number of nitrogens with zero attached hydrogens (tertiary/aromatic N) is 1. The molecule has 0 aromatic heterocycles. The van der Waals surface area contributed by atoms with Gasteiger partial charge in [-0.05, 0) is 30.0 Å². The maximum Gasteiger partial charge on any atom is 0.256 e. The minimum atomic E-state index is 0.0410. The molecule has 4 heteroatoms. The van der Waals surface area contributed by atoms with Gasteiger partial charge in [0.05, 0.1) is 5.56 Å². The van der Waals surface area contributed by atoms with Gasteiger partial charge >= 0.3 is 0 Å². The van der Waals surface area contributed by atoms with E-state index >= 15 is 0 Å². The van der Waals surface area contributed by atoms with Gasteiger partial charge in [0, 0.05) is 30.8 Å². The topological polar surface area (TPSA) is 32.3 Å². The van der Waals surface area contributed by atoms with Gasteiger partial charge in [-0.3, -0.25) is 4.79 Å². The Morgan fingerprint density at radius 1 is 1.20 bits per heavy atom. The van der Waals surface area contributed by atoms with Gasteiger partial charge in [-0.25, -0.2) is 0 Å². The molecule has 0 bridgehead atoms. The zero-order valence-electron chi connectivity index (χ0n) is 13.0. The lowest BCUT2D eigenvalue weighted by Crippen LogP contribution is -2.37. The van der Waals surface area contributed by atoms with Gasteiger partial charge in [-0.1, -0.05) is 39.3 Å². The van der Waals surface area contributed by atoms with Crippen molar-refractivity contribution in [3.63, 3.8) is 0 Å². The summed E-state index contributed by atoms with van der Waals surface area (Å²) in [6, 6.07) is 5.38. The van der Waals surface area contributed by atoms with E-state index in [9.17, 15) is 4.79 Å². The van der Waals surface area contributed by atoms with Crippen LogP contribution in [0, 0.1) is 11.8 Å². The number of rotatable bonds is 6. The van der Waals surface area contributed by atoms with Gasteiger partial charge in [0.1, 0.15) is 0 Å². The largest absolute Gasteiger partial charge is 0.387 e. The maximum absolute atomic E-state index is 12.8. The van der Waals surface area contributed by atoms with Crippen molar-refractivity contribution in [2.24, 2.45) is 11.8 Å². The molecule has 0 aliphatic carbocycles. The molecule has 0 heterocycles. The van der Waals surface area contributed by atoms with Crippen LogP contribution in [0.3, 0.4) is 0 Å². The molecule has 0 radical (unpaired) electrons. The fourth-order valence-corrected chi connectivity index (χ4v) is 2.38. The molecule has 112 valence electrons. The van der Waals surface area contributed by atoms with Crippen LogP contribution in [0.5, 0.6) is 0 Å². The number of amides is 1. The Labute approximate surface area is 127 Å². The summed E-state index contributed by atoms with van der Waals surface area (Å²) in [5.74, 6) is 0.920. The molecule has 20 heavy (non-hydrogen) atoms.